The number of fused-ring (bicyclic) bond motifs is 1. The molecule has 0 spiro atoms. The first kappa shape index (κ1) is 24.4. The second-order valence-corrected chi connectivity index (χ2v) is 8.18. The summed E-state index contributed by atoms with van der Waals surface area (Å²) < 4.78 is 33.8. The van der Waals surface area contributed by atoms with E-state index in [1.807, 2.05) is 18.2 Å². The second kappa shape index (κ2) is 10.2. The van der Waals surface area contributed by atoms with Crippen LogP contribution in [0.15, 0.2) is 30.3 Å². The Hall–Kier alpha value is -2.76. The van der Waals surface area contributed by atoms with Gasteiger partial charge < -0.3 is 48.8 Å². The van der Waals surface area contributed by atoms with Crippen LogP contribution >= 0.6 is 0 Å². The molecule has 2 aliphatic rings. The number of benzene rings is 2. The fraction of sp³-hybridized carbons (Fsp3) is 0.500. The molecule has 1 saturated heterocycles. The van der Waals surface area contributed by atoms with Crippen LogP contribution in [0.1, 0.15) is 23.7 Å². The zero-order valence-electron chi connectivity index (χ0n) is 19.2. The van der Waals surface area contributed by atoms with Crippen molar-refractivity contribution in [2.45, 2.75) is 49.7 Å². The van der Waals surface area contributed by atoms with Crippen molar-refractivity contribution in [2.75, 3.05) is 27.9 Å². The van der Waals surface area contributed by atoms with Crippen molar-refractivity contribution < 1.29 is 48.8 Å². The van der Waals surface area contributed by atoms with Gasteiger partial charge in [-0.1, -0.05) is 6.07 Å². The van der Waals surface area contributed by atoms with Gasteiger partial charge in [-0.15, -0.1) is 0 Å². The fourth-order valence-electron chi connectivity index (χ4n) is 4.24. The molecule has 2 heterocycles. The van der Waals surface area contributed by atoms with Crippen LogP contribution in [-0.4, -0.2) is 79.1 Å². The first-order valence-electron chi connectivity index (χ1n) is 11.0. The summed E-state index contributed by atoms with van der Waals surface area (Å²) in [6.07, 6.45) is -5.94. The average Bonchev–Trinajstić information content (AvgIpc) is 2.87. The van der Waals surface area contributed by atoms with Crippen LogP contribution < -0.4 is 23.7 Å². The fourth-order valence-corrected chi connectivity index (χ4v) is 4.24. The van der Waals surface area contributed by atoms with Gasteiger partial charge in [0.15, 0.2) is 11.5 Å². The number of methoxy groups -OCH3 is 3. The van der Waals surface area contributed by atoms with Crippen molar-refractivity contribution in [3.8, 4) is 28.7 Å². The average molecular weight is 478 g/mol. The summed E-state index contributed by atoms with van der Waals surface area (Å²) >= 11 is 0. The molecule has 0 bridgehead atoms. The summed E-state index contributed by atoms with van der Waals surface area (Å²) in [6.45, 7) is -0.545. The molecule has 0 aliphatic carbocycles. The normalized spacial score (nSPS) is 28.4. The van der Waals surface area contributed by atoms with E-state index in [2.05, 4.69) is 0 Å². The summed E-state index contributed by atoms with van der Waals surface area (Å²) in [5, 5.41) is 39.9. The molecule has 2 aromatic rings. The molecule has 3 unspecified atom stereocenters. The van der Waals surface area contributed by atoms with Gasteiger partial charge in [-0.05, 0) is 30.5 Å². The van der Waals surface area contributed by atoms with Crippen LogP contribution in [0.3, 0.4) is 0 Å². The van der Waals surface area contributed by atoms with Crippen LogP contribution in [0.4, 0.5) is 0 Å². The lowest BCUT2D eigenvalue weighted by atomic mass is 9.96. The number of ether oxygens (including phenoxy) is 6. The summed E-state index contributed by atoms with van der Waals surface area (Å²) in [6, 6.07) is 9.01. The maximum atomic E-state index is 10.4. The molecule has 6 atom stereocenters. The van der Waals surface area contributed by atoms with Crippen molar-refractivity contribution in [3.63, 3.8) is 0 Å². The lowest BCUT2D eigenvalue weighted by Crippen LogP contribution is -2.60. The maximum absolute atomic E-state index is 10.4. The third kappa shape index (κ3) is 4.59. The van der Waals surface area contributed by atoms with Crippen molar-refractivity contribution in [1.29, 1.82) is 0 Å². The third-order valence-electron chi connectivity index (χ3n) is 6.17. The number of rotatable bonds is 7. The molecular formula is C24H30O10. The molecule has 0 radical (unpaired) electrons. The monoisotopic (exact) mass is 478 g/mol. The van der Waals surface area contributed by atoms with E-state index >= 15 is 0 Å². The molecule has 0 amide bonds. The zero-order valence-corrected chi connectivity index (χ0v) is 19.2. The first-order chi connectivity index (χ1) is 16.4. The molecule has 2 aliphatic heterocycles. The summed E-state index contributed by atoms with van der Waals surface area (Å²) in [5.41, 5.74) is 1.66. The van der Waals surface area contributed by atoms with E-state index < -0.39 is 37.3 Å². The standard InChI is InChI=1S/C24H30O10/c1-29-13-9-17-14(5-7-15(32-17)12-4-6-16(30-2)19(8-12)31-3)18(10-13)33-24-23(28)22(27)21(26)20(11-25)34-24/h4,6,8-10,15,20-28H,5,7,11H2,1-3H3/t15?,20?,21-,22+,23?,24-/m1/s1. The Morgan fingerprint density at radius 1 is 0.882 bits per heavy atom. The summed E-state index contributed by atoms with van der Waals surface area (Å²) in [7, 11) is 4.66. The molecule has 1 fully saturated rings. The Balaban J connectivity index is 1.60. The molecule has 34 heavy (non-hydrogen) atoms. The molecule has 0 saturated carbocycles. The molecule has 10 nitrogen and oxygen atoms in total. The van der Waals surface area contributed by atoms with Gasteiger partial charge in [-0.3, -0.25) is 0 Å². The summed E-state index contributed by atoms with van der Waals surface area (Å²) in [4.78, 5) is 0. The molecule has 0 aromatic heterocycles. The predicted molar refractivity (Wildman–Crippen MR) is 119 cm³/mol. The highest BCUT2D eigenvalue weighted by Crippen LogP contribution is 2.44. The van der Waals surface area contributed by atoms with Gasteiger partial charge in [0, 0.05) is 17.7 Å². The minimum atomic E-state index is -1.54. The lowest BCUT2D eigenvalue weighted by molar-refractivity contribution is -0.277. The molecule has 186 valence electrons. The van der Waals surface area contributed by atoms with E-state index in [9.17, 15) is 20.4 Å². The van der Waals surface area contributed by atoms with Gasteiger partial charge in [-0.2, -0.15) is 0 Å². The Morgan fingerprint density at radius 2 is 1.65 bits per heavy atom. The molecular weight excluding hydrogens is 448 g/mol. The molecule has 10 heteroatoms. The van der Waals surface area contributed by atoms with Crippen molar-refractivity contribution in [2.24, 2.45) is 0 Å². The van der Waals surface area contributed by atoms with Gasteiger partial charge in [-0.25, -0.2) is 0 Å². The van der Waals surface area contributed by atoms with Gasteiger partial charge in [0.25, 0.3) is 0 Å². The van der Waals surface area contributed by atoms with Crippen LogP contribution in [0.2, 0.25) is 0 Å². The van der Waals surface area contributed by atoms with E-state index in [1.54, 1.807) is 26.4 Å². The summed E-state index contributed by atoms with van der Waals surface area (Å²) in [5.74, 6) is 2.59. The quantitative estimate of drug-likeness (QED) is 0.455. The van der Waals surface area contributed by atoms with Crippen LogP contribution in [0.25, 0.3) is 0 Å². The number of aliphatic hydroxyl groups excluding tert-OH is 4. The minimum absolute atomic E-state index is 0.250. The molecule has 4 rings (SSSR count). The first-order valence-corrected chi connectivity index (χ1v) is 11.0. The minimum Gasteiger partial charge on any atom is -0.496 e. The lowest BCUT2D eigenvalue weighted by Gasteiger charge is -2.40. The Kier molecular flexibility index (Phi) is 7.34. The van der Waals surface area contributed by atoms with Crippen molar-refractivity contribution in [3.05, 3.63) is 41.5 Å². The third-order valence-corrected chi connectivity index (χ3v) is 6.17. The maximum Gasteiger partial charge on any atom is 0.229 e. The number of aliphatic hydroxyl groups is 4. The van der Waals surface area contributed by atoms with Gasteiger partial charge >= 0.3 is 0 Å². The largest absolute Gasteiger partial charge is 0.496 e. The predicted octanol–water partition coefficient (Wildman–Crippen LogP) is 0.957. The molecule has 2 aromatic carbocycles. The Morgan fingerprint density at radius 3 is 2.32 bits per heavy atom. The highest BCUT2D eigenvalue weighted by Gasteiger charge is 2.45. The van der Waals surface area contributed by atoms with Crippen molar-refractivity contribution >= 4 is 0 Å². The Labute approximate surface area is 197 Å². The van der Waals surface area contributed by atoms with Crippen LogP contribution in [0, 0.1) is 0 Å². The van der Waals surface area contributed by atoms with Gasteiger partial charge in [0.05, 0.1) is 27.9 Å². The SMILES string of the molecule is COc1cc2c(c(O[C@@H]3OC(CO)[C@@H](O)[C@H](O)C3O)c1)CCC(c1ccc(OC)c(OC)c1)O2. The smallest absolute Gasteiger partial charge is 0.229 e. The van der Waals surface area contributed by atoms with Gasteiger partial charge in [0.1, 0.15) is 47.8 Å². The Bertz CT molecular complexity index is 994. The number of hydrogen-bond donors (Lipinski definition) is 4. The van der Waals surface area contributed by atoms with Gasteiger partial charge in [0.2, 0.25) is 6.29 Å². The van der Waals surface area contributed by atoms with E-state index in [4.69, 9.17) is 28.4 Å². The van der Waals surface area contributed by atoms with E-state index in [1.165, 1.54) is 7.11 Å². The van der Waals surface area contributed by atoms with E-state index in [0.717, 1.165) is 11.1 Å². The van der Waals surface area contributed by atoms with Crippen molar-refractivity contribution in [1.82, 2.24) is 0 Å². The topological polar surface area (TPSA) is 136 Å². The second-order valence-electron chi connectivity index (χ2n) is 8.18. The van der Waals surface area contributed by atoms with E-state index in [0.29, 0.717) is 41.6 Å². The number of hydrogen-bond acceptors (Lipinski definition) is 10. The highest BCUT2D eigenvalue weighted by molar-refractivity contribution is 5.52. The van der Waals surface area contributed by atoms with Crippen LogP contribution in [-0.2, 0) is 11.2 Å². The van der Waals surface area contributed by atoms with E-state index in [-0.39, 0.29) is 6.10 Å². The highest BCUT2D eigenvalue weighted by atomic mass is 16.7. The van der Waals surface area contributed by atoms with Crippen LogP contribution in [0.5, 0.6) is 28.7 Å². The molecule has 4 N–H and O–H groups in total. The zero-order chi connectivity index (χ0) is 24.4.